The van der Waals surface area contributed by atoms with Gasteiger partial charge >= 0.3 is 0 Å². The number of benzene rings is 1. The number of thioether (sulfide) groups is 1. The summed E-state index contributed by atoms with van der Waals surface area (Å²) in [5.74, 6) is 1.48. The largest absolute Gasteiger partial charge is 0.342 e. The van der Waals surface area contributed by atoms with Crippen LogP contribution in [0.25, 0.3) is 10.9 Å². The second kappa shape index (κ2) is 7.14. The van der Waals surface area contributed by atoms with Gasteiger partial charge in [-0.2, -0.15) is 0 Å². The molecule has 1 fully saturated rings. The van der Waals surface area contributed by atoms with Gasteiger partial charge in [-0.05, 0) is 74.4 Å². The number of piperidine rings is 1. The number of aryl methyl sites for hydroxylation is 3. The Hall–Kier alpha value is -1.55. The van der Waals surface area contributed by atoms with Crippen molar-refractivity contribution in [2.75, 3.05) is 18.8 Å². The van der Waals surface area contributed by atoms with Gasteiger partial charge in [-0.1, -0.05) is 18.7 Å². The minimum atomic E-state index is 0.244. The molecule has 4 heteroatoms. The first kappa shape index (κ1) is 17.3. The van der Waals surface area contributed by atoms with Crippen molar-refractivity contribution in [3.8, 4) is 0 Å². The number of carbonyl (C=O) groups excluding carboxylic acids is 1. The molecule has 3 nitrogen and oxygen atoms in total. The van der Waals surface area contributed by atoms with Gasteiger partial charge < -0.3 is 4.90 Å². The quantitative estimate of drug-likeness (QED) is 0.770. The summed E-state index contributed by atoms with van der Waals surface area (Å²) in [5, 5.41) is 2.15. The van der Waals surface area contributed by atoms with Crippen LogP contribution in [-0.4, -0.2) is 34.6 Å². The van der Waals surface area contributed by atoms with Crippen LogP contribution in [0.1, 0.15) is 36.5 Å². The lowest BCUT2D eigenvalue weighted by Gasteiger charge is -2.30. The lowest BCUT2D eigenvalue weighted by atomic mass is 9.99. The van der Waals surface area contributed by atoms with E-state index >= 15 is 0 Å². The average Bonchev–Trinajstić information content (AvgIpc) is 2.55. The van der Waals surface area contributed by atoms with E-state index in [1.807, 2.05) is 4.90 Å². The van der Waals surface area contributed by atoms with Crippen molar-refractivity contribution in [2.24, 2.45) is 5.92 Å². The van der Waals surface area contributed by atoms with Crippen molar-refractivity contribution in [1.29, 1.82) is 0 Å². The maximum atomic E-state index is 12.4. The van der Waals surface area contributed by atoms with Gasteiger partial charge in [0.15, 0.2) is 0 Å². The van der Waals surface area contributed by atoms with E-state index < -0.39 is 0 Å². The predicted molar refractivity (Wildman–Crippen MR) is 102 cm³/mol. The second-order valence-corrected chi connectivity index (χ2v) is 8.06. The highest BCUT2D eigenvalue weighted by atomic mass is 32.2. The van der Waals surface area contributed by atoms with Crippen LogP contribution in [0.5, 0.6) is 0 Å². The molecule has 0 N–H and O–H groups in total. The Kier molecular flexibility index (Phi) is 5.14. The Bertz CT molecular complexity index is 764. The molecule has 2 heterocycles. The number of hydrogen-bond acceptors (Lipinski definition) is 3. The Labute approximate surface area is 148 Å². The van der Waals surface area contributed by atoms with E-state index in [1.54, 1.807) is 11.8 Å². The molecule has 1 amide bonds. The molecule has 24 heavy (non-hydrogen) atoms. The Morgan fingerprint density at radius 3 is 2.46 bits per heavy atom. The van der Waals surface area contributed by atoms with Crippen LogP contribution in [0.2, 0.25) is 0 Å². The molecule has 128 valence electrons. The number of fused-ring (bicyclic) bond motifs is 1. The molecule has 0 atom stereocenters. The average molecular weight is 343 g/mol. The summed E-state index contributed by atoms with van der Waals surface area (Å²) < 4.78 is 0. The first-order valence-electron chi connectivity index (χ1n) is 8.73. The van der Waals surface area contributed by atoms with Gasteiger partial charge in [-0.15, -0.1) is 0 Å². The number of amides is 1. The third-order valence-electron chi connectivity index (χ3n) is 5.04. The predicted octanol–water partition coefficient (Wildman–Crippen LogP) is 4.51. The standard InChI is InChI=1S/C20H26N2OS/c1-13-5-7-22(8-6-13)19(23)12-24-20-16(4)10-17-9-14(2)15(3)11-18(17)21-20/h9-11,13H,5-8,12H2,1-4H3. The van der Waals surface area contributed by atoms with Gasteiger partial charge in [-0.25, -0.2) is 4.98 Å². The summed E-state index contributed by atoms with van der Waals surface area (Å²) in [7, 11) is 0. The normalized spacial score (nSPS) is 15.9. The second-order valence-electron chi connectivity index (χ2n) is 7.09. The number of rotatable bonds is 3. The number of carbonyl (C=O) groups is 1. The highest BCUT2D eigenvalue weighted by Gasteiger charge is 2.20. The van der Waals surface area contributed by atoms with Crippen LogP contribution in [0.15, 0.2) is 23.2 Å². The number of likely N-dealkylation sites (tertiary alicyclic amines) is 1. The third kappa shape index (κ3) is 3.75. The van der Waals surface area contributed by atoms with E-state index in [1.165, 1.54) is 16.5 Å². The molecule has 0 unspecified atom stereocenters. The van der Waals surface area contributed by atoms with E-state index in [0.717, 1.165) is 48.0 Å². The molecule has 1 aromatic heterocycles. The highest BCUT2D eigenvalue weighted by molar-refractivity contribution is 7.99. The number of hydrogen-bond donors (Lipinski definition) is 0. The van der Waals surface area contributed by atoms with E-state index in [-0.39, 0.29) is 5.91 Å². The van der Waals surface area contributed by atoms with Crippen molar-refractivity contribution < 1.29 is 4.79 Å². The highest BCUT2D eigenvalue weighted by Crippen LogP contribution is 2.27. The van der Waals surface area contributed by atoms with Gasteiger partial charge in [0.2, 0.25) is 5.91 Å². The van der Waals surface area contributed by atoms with Gasteiger partial charge in [0.05, 0.1) is 11.3 Å². The zero-order chi connectivity index (χ0) is 17.3. The Balaban J connectivity index is 1.71. The molecule has 1 aromatic carbocycles. The van der Waals surface area contributed by atoms with E-state index in [0.29, 0.717) is 5.75 Å². The summed E-state index contributed by atoms with van der Waals surface area (Å²) in [4.78, 5) is 19.2. The fraction of sp³-hybridized carbons (Fsp3) is 0.500. The lowest BCUT2D eigenvalue weighted by Crippen LogP contribution is -2.38. The van der Waals surface area contributed by atoms with E-state index in [4.69, 9.17) is 4.98 Å². The van der Waals surface area contributed by atoms with E-state index in [2.05, 4.69) is 45.9 Å². The maximum absolute atomic E-state index is 12.4. The van der Waals surface area contributed by atoms with Crippen LogP contribution in [-0.2, 0) is 4.79 Å². The molecule has 0 radical (unpaired) electrons. The van der Waals surface area contributed by atoms with Crippen molar-refractivity contribution in [1.82, 2.24) is 9.88 Å². The fourth-order valence-electron chi connectivity index (χ4n) is 3.15. The minimum Gasteiger partial charge on any atom is -0.342 e. The van der Waals surface area contributed by atoms with Crippen molar-refractivity contribution >= 4 is 28.6 Å². The van der Waals surface area contributed by atoms with Crippen LogP contribution in [0.3, 0.4) is 0 Å². The van der Waals surface area contributed by atoms with Crippen LogP contribution in [0, 0.1) is 26.7 Å². The SMILES string of the molecule is Cc1cc2cc(C)c(SCC(=O)N3CCC(C)CC3)nc2cc1C. The molecule has 1 aliphatic rings. The van der Waals surface area contributed by atoms with Crippen molar-refractivity contribution in [2.45, 2.75) is 45.6 Å². The van der Waals surface area contributed by atoms with Gasteiger partial charge in [0.25, 0.3) is 0 Å². The van der Waals surface area contributed by atoms with Crippen molar-refractivity contribution in [3.63, 3.8) is 0 Å². The molecule has 0 bridgehead atoms. The molecule has 2 aromatic rings. The smallest absolute Gasteiger partial charge is 0.232 e. The number of aromatic nitrogens is 1. The molecule has 0 saturated carbocycles. The van der Waals surface area contributed by atoms with Gasteiger partial charge in [0.1, 0.15) is 5.03 Å². The van der Waals surface area contributed by atoms with Crippen LogP contribution in [0.4, 0.5) is 0 Å². The summed E-state index contributed by atoms with van der Waals surface area (Å²) in [5.41, 5.74) is 4.72. The lowest BCUT2D eigenvalue weighted by molar-refractivity contribution is -0.129. The zero-order valence-electron chi connectivity index (χ0n) is 15.1. The molecule has 1 saturated heterocycles. The minimum absolute atomic E-state index is 0.244. The maximum Gasteiger partial charge on any atom is 0.232 e. The van der Waals surface area contributed by atoms with E-state index in [9.17, 15) is 4.79 Å². The molecule has 1 aliphatic heterocycles. The number of nitrogens with zero attached hydrogens (tertiary/aromatic N) is 2. The topological polar surface area (TPSA) is 33.2 Å². The molecule has 3 rings (SSSR count). The van der Waals surface area contributed by atoms with Gasteiger partial charge in [-0.3, -0.25) is 4.79 Å². The van der Waals surface area contributed by atoms with Gasteiger partial charge in [0, 0.05) is 18.5 Å². The third-order valence-corrected chi connectivity index (χ3v) is 6.12. The number of pyridine rings is 1. The summed E-state index contributed by atoms with van der Waals surface area (Å²) in [6, 6.07) is 6.52. The molecular formula is C20H26N2OS. The van der Waals surface area contributed by atoms with Crippen LogP contribution >= 0.6 is 11.8 Å². The van der Waals surface area contributed by atoms with Crippen molar-refractivity contribution in [3.05, 3.63) is 34.9 Å². The first-order chi connectivity index (χ1) is 11.4. The molecular weight excluding hydrogens is 316 g/mol. The summed E-state index contributed by atoms with van der Waals surface area (Å²) in [6.07, 6.45) is 2.25. The summed E-state index contributed by atoms with van der Waals surface area (Å²) in [6.45, 7) is 10.4. The zero-order valence-corrected chi connectivity index (χ0v) is 15.9. The Morgan fingerprint density at radius 1 is 1.12 bits per heavy atom. The molecule has 0 aliphatic carbocycles. The summed E-state index contributed by atoms with van der Waals surface area (Å²) >= 11 is 1.57. The first-order valence-corrected chi connectivity index (χ1v) is 9.72. The monoisotopic (exact) mass is 342 g/mol. The fourth-order valence-corrected chi connectivity index (χ4v) is 4.05. The van der Waals surface area contributed by atoms with Crippen LogP contribution < -0.4 is 0 Å². The molecule has 0 spiro atoms. The Morgan fingerprint density at radius 2 is 1.75 bits per heavy atom.